The maximum Gasteiger partial charge on any atom is 0.285 e. The fourth-order valence-corrected chi connectivity index (χ4v) is 5.39. The number of thiophene rings is 1. The number of hydroxylamine groups is 2. The third kappa shape index (κ3) is 6.12. The van der Waals surface area contributed by atoms with E-state index in [9.17, 15) is 9.59 Å². The van der Waals surface area contributed by atoms with Gasteiger partial charge in [0.2, 0.25) is 0 Å². The largest absolute Gasteiger partial charge is 0.497 e. The summed E-state index contributed by atoms with van der Waals surface area (Å²) in [5.74, 6) is 1.29. The van der Waals surface area contributed by atoms with E-state index in [2.05, 4.69) is 4.98 Å². The van der Waals surface area contributed by atoms with Gasteiger partial charge in [0, 0.05) is 10.9 Å². The van der Waals surface area contributed by atoms with Gasteiger partial charge in [-0.15, -0.1) is 16.4 Å². The van der Waals surface area contributed by atoms with E-state index in [0.29, 0.717) is 28.3 Å². The highest BCUT2D eigenvalue weighted by Gasteiger charge is 2.39. The Morgan fingerprint density at radius 3 is 1.82 bits per heavy atom. The molecule has 1 atom stereocenters. The van der Waals surface area contributed by atoms with Gasteiger partial charge < -0.3 is 18.9 Å². The Hall–Kier alpha value is -5.19. The molecule has 0 aliphatic carbocycles. The minimum absolute atomic E-state index is 0.245. The number of aromatic nitrogens is 1. The Morgan fingerprint density at radius 2 is 1.30 bits per heavy atom. The second kappa shape index (κ2) is 13.0. The number of carbonyl (C=O) groups excluding carboxylic acids is 2. The average Bonchev–Trinajstić information content (AvgIpc) is 3.69. The lowest BCUT2D eigenvalue weighted by atomic mass is 10.1. The van der Waals surface area contributed by atoms with E-state index in [0.717, 1.165) is 32.6 Å². The van der Waals surface area contributed by atoms with Gasteiger partial charge in [-0.25, -0.2) is 4.84 Å². The van der Waals surface area contributed by atoms with Crippen LogP contribution in [0.5, 0.6) is 23.0 Å². The maximum atomic E-state index is 13.1. The molecule has 1 aliphatic rings. The van der Waals surface area contributed by atoms with Crippen LogP contribution in [0, 0.1) is 0 Å². The van der Waals surface area contributed by atoms with Crippen molar-refractivity contribution in [3.05, 3.63) is 135 Å². The van der Waals surface area contributed by atoms with Crippen LogP contribution in [-0.4, -0.2) is 36.1 Å². The standard InChI is InChI=1S/C34H28N2O7S/c1-39-24-13-9-22(10-14-24)20-41-29-18-28(35-19-30(29)42-21-23-11-15-25(40-2)16-12-23)32(31-8-5-17-44-31)43-36-33(37)26-6-3-4-7-27(26)34(36)38/h3-19,32H,20-21H2,1-2H3. The first-order valence-electron chi connectivity index (χ1n) is 13.7. The molecule has 1 aliphatic heterocycles. The van der Waals surface area contributed by atoms with E-state index >= 15 is 0 Å². The quantitative estimate of drug-likeness (QED) is 0.146. The molecule has 0 spiro atoms. The van der Waals surface area contributed by atoms with E-state index in [4.69, 9.17) is 23.8 Å². The van der Waals surface area contributed by atoms with Crippen LogP contribution in [0.3, 0.4) is 0 Å². The molecule has 9 nitrogen and oxygen atoms in total. The first-order valence-corrected chi connectivity index (χ1v) is 14.6. The van der Waals surface area contributed by atoms with Crippen LogP contribution < -0.4 is 18.9 Å². The van der Waals surface area contributed by atoms with Gasteiger partial charge in [-0.3, -0.25) is 14.6 Å². The lowest BCUT2D eigenvalue weighted by Gasteiger charge is -2.22. The number of amides is 2. The molecule has 0 bridgehead atoms. The van der Waals surface area contributed by atoms with Crippen molar-refractivity contribution in [1.29, 1.82) is 0 Å². The molecule has 1 unspecified atom stereocenters. The molecule has 222 valence electrons. The summed E-state index contributed by atoms with van der Waals surface area (Å²) in [6.07, 6.45) is 0.699. The molecule has 3 heterocycles. The molecule has 2 aromatic heterocycles. The predicted molar refractivity (Wildman–Crippen MR) is 163 cm³/mol. The molecular weight excluding hydrogens is 580 g/mol. The van der Waals surface area contributed by atoms with Crippen LogP contribution >= 0.6 is 11.3 Å². The monoisotopic (exact) mass is 608 g/mol. The molecule has 6 rings (SSSR count). The SMILES string of the molecule is COc1ccc(COc2cnc(C(ON3C(=O)c4ccccc4C3=O)c3cccs3)cc2OCc2ccc(OC)cc2)cc1. The highest BCUT2D eigenvalue weighted by Crippen LogP contribution is 2.37. The van der Waals surface area contributed by atoms with E-state index < -0.39 is 17.9 Å². The zero-order valence-electron chi connectivity index (χ0n) is 24.0. The van der Waals surface area contributed by atoms with Crippen molar-refractivity contribution in [2.75, 3.05) is 14.2 Å². The summed E-state index contributed by atoms with van der Waals surface area (Å²) < 4.78 is 22.9. The van der Waals surface area contributed by atoms with Crippen LogP contribution in [0.15, 0.2) is 103 Å². The lowest BCUT2D eigenvalue weighted by Crippen LogP contribution is -2.32. The van der Waals surface area contributed by atoms with E-state index in [1.807, 2.05) is 66.0 Å². The van der Waals surface area contributed by atoms with Gasteiger partial charge in [0.05, 0.1) is 37.2 Å². The maximum absolute atomic E-state index is 13.1. The van der Waals surface area contributed by atoms with Gasteiger partial charge in [-0.1, -0.05) is 42.5 Å². The molecule has 0 saturated heterocycles. The Kier molecular flexibility index (Phi) is 8.53. The number of nitrogens with zero attached hydrogens (tertiary/aromatic N) is 2. The molecule has 10 heteroatoms. The number of benzene rings is 3. The number of fused-ring (bicyclic) bond motifs is 1. The van der Waals surface area contributed by atoms with Crippen LogP contribution in [0.1, 0.15) is 48.5 Å². The van der Waals surface area contributed by atoms with Gasteiger partial charge in [0.1, 0.15) is 24.7 Å². The Labute approximate surface area is 258 Å². The Bertz CT molecular complexity index is 1720. The number of ether oxygens (including phenoxy) is 4. The topological polar surface area (TPSA) is 96.4 Å². The number of hydrogen-bond donors (Lipinski definition) is 0. The molecule has 3 aromatic carbocycles. The first-order chi connectivity index (χ1) is 21.5. The van der Waals surface area contributed by atoms with Crippen molar-refractivity contribution in [3.8, 4) is 23.0 Å². The first kappa shape index (κ1) is 28.9. The normalized spacial score (nSPS) is 13.0. The van der Waals surface area contributed by atoms with Crippen LogP contribution in [0.25, 0.3) is 0 Å². The van der Waals surface area contributed by atoms with Gasteiger partial charge in [0.15, 0.2) is 17.6 Å². The minimum atomic E-state index is -0.865. The molecule has 0 radical (unpaired) electrons. The summed E-state index contributed by atoms with van der Waals surface area (Å²) >= 11 is 1.42. The van der Waals surface area contributed by atoms with Crippen molar-refractivity contribution in [1.82, 2.24) is 10.0 Å². The summed E-state index contributed by atoms with van der Waals surface area (Å²) in [6.45, 7) is 0.513. The molecule has 0 fully saturated rings. The molecule has 0 saturated carbocycles. The third-order valence-electron chi connectivity index (χ3n) is 7.00. The summed E-state index contributed by atoms with van der Waals surface area (Å²) in [6, 6.07) is 27.2. The van der Waals surface area contributed by atoms with Crippen LogP contribution in [-0.2, 0) is 18.1 Å². The third-order valence-corrected chi connectivity index (χ3v) is 7.91. The molecular formula is C34H28N2O7S. The summed E-state index contributed by atoms with van der Waals surface area (Å²) in [4.78, 5) is 37.8. The number of methoxy groups -OCH3 is 2. The number of rotatable bonds is 12. The second-order valence-corrected chi connectivity index (χ2v) is 10.8. The van der Waals surface area contributed by atoms with Gasteiger partial charge in [0.25, 0.3) is 11.8 Å². The van der Waals surface area contributed by atoms with Crippen molar-refractivity contribution < 1.29 is 33.4 Å². The van der Waals surface area contributed by atoms with Gasteiger partial charge in [-0.05, 0) is 59.0 Å². The van der Waals surface area contributed by atoms with E-state index in [1.54, 1.807) is 50.7 Å². The van der Waals surface area contributed by atoms with Crippen molar-refractivity contribution in [2.45, 2.75) is 19.3 Å². The summed E-state index contributed by atoms with van der Waals surface area (Å²) in [5, 5.41) is 2.70. The number of imide groups is 1. The Morgan fingerprint density at radius 1 is 0.727 bits per heavy atom. The van der Waals surface area contributed by atoms with E-state index in [-0.39, 0.29) is 13.2 Å². The fraction of sp³-hybridized carbons (Fsp3) is 0.147. The zero-order valence-corrected chi connectivity index (χ0v) is 24.8. The number of hydrogen-bond acceptors (Lipinski definition) is 9. The van der Waals surface area contributed by atoms with Crippen LogP contribution in [0.2, 0.25) is 0 Å². The number of pyridine rings is 1. The second-order valence-electron chi connectivity index (χ2n) is 9.78. The smallest absolute Gasteiger partial charge is 0.285 e. The average molecular weight is 609 g/mol. The van der Waals surface area contributed by atoms with Crippen molar-refractivity contribution >= 4 is 23.2 Å². The number of carbonyl (C=O) groups is 2. The highest BCUT2D eigenvalue weighted by atomic mass is 32.1. The van der Waals surface area contributed by atoms with Gasteiger partial charge in [-0.2, -0.15) is 0 Å². The van der Waals surface area contributed by atoms with E-state index in [1.165, 1.54) is 11.3 Å². The summed E-state index contributed by atoms with van der Waals surface area (Å²) in [7, 11) is 3.23. The van der Waals surface area contributed by atoms with Gasteiger partial charge >= 0.3 is 0 Å². The molecule has 0 N–H and O–H groups in total. The molecule has 44 heavy (non-hydrogen) atoms. The van der Waals surface area contributed by atoms with Crippen LogP contribution in [0.4, 0.5) is 0 Å². The van der Waals surface area contributed by atoms with Crippen molar-refractivity contribution in [2.24, 2.45) is 0 Å². The fourth-order valence-electron chi connectivity index (χ4n) is 4.63. The predicted octanol–water partition coefficient (Wildman–Crippen LogP) is 6.64. The Balaban J connectivity index is 1.30. The summed E-state index contributed by atoms with van der Waals surface area (Å²) in [5.41, 5.74) is 2.87. The minimum Gasteiger partial charge on any atom is -0.497 e. The molecule has 5 aromatic rings. The molecule has 2 amide bonds. The van der Waals surface area contributed by atoms with Crippen molar-refractivity contribution in [3.63, 3.8) is 0 Å². The highest BCUT2D eigenvalue weighted by molar-refractivity contribution is 7.10. The lowest BCUT2D eigenvalue weighted by molar-refractivity contribution is -0.121. The zero-order chi connectivity index (χ0) is 30.5.